The molecule has 1 fully saturated rings. The maximum Gasteiger partial charge on any atom is 0.191 e. The van der Waals surface area contributed by atoms with Crippen LogP contribution in [0.1, 0.15) is 24.3 Å². The van der Waals surface area contributed by atoms with E-state index < -0.39 is 0 Å². The number of nitrogens with zero attached hydrogens (tertiary/aromatic N) is 3. The summed E-state index contributed by atoms with van der Waals surface area (Å²) in [6.07, 6.45) is 1.07. The van der Waals surface area contributed by atoms with Crippen molar-refractivity contribution in [2.75, 3.05) is 52.3 Å². The van der Waals surface area contributed by atoms with Gasteiger partial charge < -0.3 is 25.2 Å². The van der Waals surface area contributed by atoms with E-state index >= 15 is 0 Å². The lowest BCUT2D eigenvalue weighted by Crippen LogP contribution is -2.45. The number of hydrogen-bond acceptors (Lipinski definition) is 5. The van der Waals surface area contributed by atoms with Gasteiger partial charge in [0.05, 0.1) is 25.4 Å². The molecule has 7 heteroatoms. The highest BCUT2D eigenvalue weighted by Gasteiger charge is 2.25. The first-order valence-electron chi connectivity index (χ1n) is 10.2. The second-order valence-corrected chi connectivity index (χ2v) is 8.44. The summed E-state index contributed by atoms with van der Waals surface area (Å²) < 4.78 is 5.53. The van der Waals surface area contributed by atoms with Crippen LogP contribution in [0.2, 0.25) is 0 Å². The van der Waals surface area contributed by atoms with E-state index in [4.69, 9.17) is 9.73 Å². The zero-order valence-electron chi connectivity index (χ0n) is 17.9. The van der Waals surface area contributed by atoms with E-state index in [2.05, 4.69) is 71.1 Å². The largest absolute Gasteiger partial charge is 0.495 e. The molecule has 6 nitrogen and oxygen atoms in total. The van der Waals surface area contributed by atoms with Crippen molar-refractivity contribution in [1.29, 1.82) is 0 Å². The maximum atomic E-state index is 5.53. The van der Waals surface area contributed by atoms with E-state index in [0.29, 0.717) is 12.1 Å². The summed E-state index contributed by atoms with van der Waals surface area (Å²) in [5.41, 5.74) is 1.16. The summed E-state index contributed by atoms with van der Waals surface area (Å²) in [7, 11) is 5.96. The molecule has 0 spiro atoms. The smallest absolute Gasteiger partial charge is 0.191 e. The maximum absolute atomic E-state index is 5.53. The average molecular weight is 416 g/mol. The molecular weight excluding hydrogens is 382 g/mol. The number of nitrogens with one attached hydrogen (secondary N) is 2. The molecule has 3 rings (SSSR count). The van der Waals surface area contributed by atoms with Gasteiger partial charge in [0.25, 0.3) is 0 Å². The first kappa shape index (κ1) is 21.5. The molecule has 1 aliphatic rings. The molecule has 1 aliphatic heterocycles. The Morgan fingerprint density at radius 3 is 2.83 bits per heavy atom. The van der Waals surface area contributed by atoms with Crippen LogP contribution in [-0.4, -0.2) is 64.3 Å². The first-order valence-corrected chi connectivity index (χ1v) is 11.1. The third kappa shape index (κ3) is 5.64. The fourth-order valence-electron chi connectivity index (χ4n) is 3.67. The predicted molar refractivity (Wildman–Crippen MR) is 123 cm³/mol. The molecule has 1 aromatic heterocycles. The second-order valence-electron chi connectivity index (χ2n) is 7.46. The number of thiophene rings is 1. The molecule has 0 saturated carbocycles. The molecule has 2 N–H and O–H groups in total. The van der Waals surface area contributed by atoms with E-state index in [1.807, 2.05) is 12.1 Å². The van der Waals surface area contributed by atoms with Crippen molar-refractivity contribution in [3.8, 4) is 5.75 Å². The lowest BCUT2D eigenvalue weighted by Gasteiger charge is -2.24. The number of para-hydroxylation sites is 2. The molecule has 0 radical (unpaired) electrons. The molecule has 29 heavy (non-hydrogen) atoms. The number of ether oxygens (including phenoxy) is 1. The van der Waals surface area contributed by atoms with Gasteiger partial charge in [0.2, 0.25) is 0 Å². The highest BCUT2D eigenvalue weighted by atomic mass is 32.1. The normalized spacial score (nSPS) is 18.2. The van der Waals surface area contributed by atoms with E-state index in [9.17, 15) is 0 Å². The summed E-state index contributed by atoms with van der Waals surface area (Å²) in [5, 5.41) is 9.17. The van der Waals surface area contributed by atoms with Gasteiger partial charge in [0.1, 0.15) is 5.75 Å². The summed E-state index contributed by atoms with van der Waals surface area (Å²) in [6, 6.07) is 13.2. The lowest BCUT2D eigenvalue weighted by molar-refractivity contribution is 0.310. The minimum atomic E-state index is 0.291. The first-order chi connectivity index (χ1) is 14.1. The molecule has 0 amide bonds. The Bertz CT molecular complexity index is 777. The molecule has 2 atom stereocenters. The van der Waals surface area contributed by atoms with Gasteiger partial charge in [-0.15, -0.1) is 11.3 Å². The van der Waals surface area contributed by atoms with Crippen molar-refractivity contribution in [2.45, 2.75) is 25.4 Å². The second kappa shape index (κ2) is 10.5. The molecule has 2 unspecified atom stereocenters. The van der Waals surface area contributed by atoms with Crippen LogP contribution in [0.15, 0.2) is 46.8 Å². The van der Waals surface area contributed by atoms with Gasteiger partial charge in [0.15, 0.2) is 5.96 Å². The van der Waals surface area contributed by atoms with Crippen LogP contribution in [0, 0.1) is 0 Å². The van der Waals surface area contributed by atoms with Crippen molar-refractivity contribution in [3.05, 3.63) is 46.7 Å². The van der Waals surface area contributed by atoms with Crippen LogP contribution >= 0.6 is 11.3 Å². The van der Waals surface area contributed by atoms with Crippen LogP contribution in [-0.2, 0) is 0 Å². The van der Waals surface area contributed by atoms with Gasteiger partial charge in [-0.2, -0.15) is 0 Å². The monoisotopic (exact) mass is 415 g/mol. The molecule has 1 aromatic carbocycles. The van der Waals surface area contributed by atoms with E-state index in [1.54, 1.807) is 18.4 Å². The topological polar surface area (TPSA) is 52.1 Å². The predicted octanol–water partition coefficient (Wildman–Crippen LogP) is 3.19. The summed E-state index contributed by atoms with van der Waals surface area (Å²) >= 11 is 1.79. The molecular formula is C22H33N5OS. The van der Waals surface area contributed by atoms with Crippen molar-refractivity contribution in [1.82, 2.24) is 15.5 Å². The van der Waals surface area contributed by atoms with Crippen molar-refractivity contribution in [3.63, 3.8) is 0 Å². The Morgan fingerprint density at radius 1 is 1.31 bits per heavy atom. The van der Waals surface area contributed by atoms with Crippen molar-refractivity contribution >= 4 is 23.0 Å². The van der Waals surface area contributed by atoms with Gasteiger partial charge in [-0.3, -0.25) is 4.99 Å². The Balaban J connectivity index is 1.64. The third-order valence-corrected chi connectivity index (χ3v) is 6.19. The highest BCUT2D eigenvalue weighted by molar-refractivity contribution is 7.10. The van der Waals surface area contributed by atoms with Gasteiger partial charge in [-0.1, -0.05) is 18.2 Å². The SMILES string of the molecule is CCNC(=NCC(c1cccs1)N(C)C)NC1CCN(c2ccccc2OC)C1. The number of anilines is 1. The standard InChI is InChI=1S/C22H33N5OS/c1-5-23-22(24-15-19(26(2)3)21-11-8-14-29-21)25-17-12-13-27(16-17)18-9-6-7-10-20(18)28-4/h6-11,14,17,19H,5,12-13,15-16H2,1-4H3,(H2,23,24,25). The van der Waals surface area contributed by atoms with Gasteiger partial charge >= 0.3 is 0 Å². The number of aliphatic imine (C=N–C) groups is 1. The molecule has 2 aromatic rings. The average Bonchev–Trinajstić information content (AvgIpc) is 3.40. The Hall–Kier alpha value is -2.25. The van der Waals surface area contributed by atoms with Crippen molar-refractivity contribution in [2.24, 2.45) is 4.99 Å². The molecule has 1 saturated heterocycles. The van der Waals surface area contributed by atoms with Gasteiger partial charge in [-0.25, -0.2) is 0 Å². The van der Waals surface area contributed by atoms with Crippen LogP contribution in [0.5, 0.6) is 5.75 Å². The van der Waals surface area contributed by atoms with Crippen LogP contribution < -0.4 is 20.3 Å². The summed E-state index contributed by atoms with van der Waals surface area (Å²) in [6.45, 7) is 5.63. The highest BCUT2D eigenvalue weighted by Crippen LogP contribution is 2.30. The van der Waals surface area contributed by atoms with Crippen LogP contribution in [0.4, 0.5) is 5.69 Å². The molecule has 158 valence electrons. The fourth-order valence-corrected chi connectivity index (χ4v) is 4.58. The third-order valence-electron chi connectivity index (χ3n) is 5.22. The number of guanidine groups is 1. The Labute approximate surface area is 178 Å². The number of benzene rings is 1. The zero-order chi connectivity index (χ0) is 20.6. The Morgan fingerprint density at radius 2 is 2.14 bits per heavy atom. The van der Waals surface area contributed by atoms with Gasteiger partial charge in [0, 0.05) is 30.6 Å². The van der Waals surface area contributed by atoms with E-state index in [-0.39, 0.29) is 0 Å². The fraction of sp³-hybridized carbons (Fsp3) is 0.500. The Kier molecular flexibility index (Phi) is 7.77. The van der Waals surface area contributed by atoms with Crippen LogP contribution in [0.3, 0.4) is 0 Å². The molecule has 2 heterocycles. The number of methoxy groups -OCH3 is 1. The zero-order valence-corrected chi connectivity index (χ0v) is 18.7. The number of likely N-dealkylation sites (N-methyl/N-ethyl adjacent to an activating group) is 1. The van der Waals surface area contributed by atoms with Gasteiger partial charge in [-0.05, 0) is 51.0 Å². The minimum Gasteiger partial charge on any atom is -0.495 e. The molecule has 0 aliphatic carbocycles. The minimum absolute atomic E-state index is 0.291. The number of hydrogen-bond donors (Lipinski definition) is 2. The van der Waals surface area contributed by atoms with E-state index in [1.165, 1.54) is 4.88 Å². The summed E-state index contributed by atoms with van der Waals surface area (Å²) in [5.74, 6) is 1.82. The van der Waals surface area contributed by atoms with Crippen molar-refractivity contribution < 1.29 is 4.74 Å². The summed E-state index contributed by atoms with van der Waals surface area (Å²) in [4.78, 5) is 10.9. The quantitative estimate of drug-likeness (QED) is 0.512. The lowest BCUT2D eigenvalue weighted by atomic mass is 10.2. The van der Waals surface area contributed by atoms with E-state index in [0.717, 1.165) is 50.0 Å². The molecule has 0 bridgehead atoms. The van der Waals surface area contributed by atoms with Crippen LogP contribution in [0.25, 0.3) is 0 Å². The number of rotatable bonds is 8.